The minimum Gasteiger partial charge on any atom is -0.508 e. The zero-order valence-corrected chi connectivity index (χ0v) is 8.95. The summed E-state index contributed by atoms with van der Waals surface area (Å²) in [5.74, 6) is 0.825. The Morgan fingerprint density at radius 1 is 1.60 bits per heavy atom. The van der Waals surface area contributed by atoms with Crippen molar-refractivity contribution in [3.05, 3.63) is 30.0 Å². The molecule has 0 saturated heterocycles. The maximum Gasteiger partial charge on any atom is 0.137 e. The van der Waals surface area contributed by atoms with Crippen LogP contribution in [-0.2, 0) is 0 Å². The van der Waals surface area contributed by atoms with Crippen molar-refractivity contribution in [3.8, 4) is 0 Å². The van der Waals surface area contributed by atoms with Gasteiger partial charge in [0.05, 0.1) is 5.56 Å². The molecule has 0 spiro atoms. The average Bonchev–Trinajstić information content (AvgIpc) is 2.12. The number of aromatic nitrogens is 1. The number of hydrogen-bond donors (Lipinski definition) is 2. The fraction of sp³-hybridized carbons (Fsp3) is 0.417. The van der Waals surface area contributed by atoms with Crippen LogP contribution in [-0.4, -0.2) is 16.1 Å². The van der Waals surface area contributed by atoms with Crippen molar-refractivity contribution in [2.45, 2.75) is 32.2 Å². The molecule has 1 aromatic rings. The van der Waals surface area contributed by atoms with E-state index in [2.05, 4.69) is 16.9 Å². The van der Waals surface area contributed by atoms with Crippen molar-refractivity contribution in [1.29, 1.82) is 0 Å². The highest BCUT2D eigenvalue weighted by atomic mass is 16.3. The molecule has 1 aromatic heterocycles. The summed E-state index contributed by atoms with van der Waals surface area (Å²) < 4.78 is 0. The molecule has 1 fully saturated rings. The van der Waals surface area contributed by atoms with Crippen LogP contribution in [0.2, 0.25) is 0 Å². The van der Waals surface area contributed by atoms with E-state index in [1.807, 2.05) is 13.0 Å². The minimum atomic E-state index is 0.0769. The number of pyridine rings is 1. The lowest BCUT2D eigenvalue weighted by Crippen LogP contribution is -2.28. The zero-order chi connectivity index (χ0) is 10.8. The van der Waals surface area contributed by atoms with E-state index in [9.17, 15) is 5.11 Å². The number of nitrogens with one attached hydrogen (secondary N) is 1. The van der Waals surface area contributed by atoms with Gasteiger partial charge in [-0.05, 0) is 37.8 Å². The van der Waals surface area contributed by atoms with Crippen molar-refractivity contribution in [2.75, 3.05) is 5.32 Å². The van der Waals surface area contributed by atoms with Gasteiger partial charge in [0.25, 0.3) is 0 Å². The summed E-state index contributed by atoms with van der Waals surface area (Å²) in [7, 11) is 0. The fourth-order valence-corrected chi connectivity index (χ4v) is 1.65. The summed E-state index contributed by atoms with van der Waals surface area (Å²) in [4.78, 5) is 4.29. The second-order valence-corrected chi connectivity index (χ2v) is 4.13. The molecule has 2 rings (SSSR count). The van der Waals surface area contributed by atoms with Crippen LogP contribution in [0, 0.1) is 6.92 Å². The van der Waals surface area contributed by atoms with Gasteiger partial charge in [0.2, 0.25) is 0 Å². The Balaban J connectivity index is 2.23. The van der Waals surface area contributed by atoms with Crippen LogP contribution in [0.5, 0.6) is 0 Å². The van der Waals surface area contributed by atoms with Crippen LogP contribution in [0.15, 0.2) is 18.8 Å². The number of rotatable bonds is 3. The molecule has 0 aliphatic heterocycles. The molecule has 1 aliphatic carbocycles. The molecule has 0 radical (unpaired) electrons. The molecule has 1 heterocycles. The topological polar surface area (TPSA) is 45.2 Å². The van der Waals surface area contributed by atoms with Gasteiger partial charge in [-0.1, -0.05) is 6.58 Å². The van der Waals surface area contributed by atoms with E-state index in [1.165, 1.54) is 19.3 Å². The van der Waals surface area contributed by atoms with E-state index in [-0.39, 0.29) is 5.76 Å². The summed E-state index contributed by atoms with van der Waals surface area (Å²) in [5, 5.41) is 12.8. The van der Waals surface area contributed by atoms with E-state index >= 15 is 0 Å². The largest absolute Gasteiger partial charge is 0.508 e. The number of aliphatic hydroxyl groups excluding tert-OH is 1. The lowest BCUT2D eigenvalue weighted by atomic mass is 9.93. The van der Waals surface area contributed by atoms with Gasteiger partial charge in [-0.2, -0.15) is 0 Å². The van der Waals surface area contributed by atoms with Gasteiger partial charge in [0.1, 0.15) is 11.6 Å². The maximum atomic E-state index is 9.46. The number of nitrogens with zero attached hydrogens (tertiary/aromatic N) is 1. The standard InChI is InChI=1S/C12H16N2O/c1-8-6-11(9(2)15)12(13-7-8)14-10-4-3-5-10/h6-7,10,15H,2-5H2,1H3,(H,13,14). The monoisotopic (exact) mass is 204 g/mol. The van der Waals surface area contributed by atoms with E-state index in [0.717, 1.165) is 11.4 Å². The van der Waals surface area contributed by atoms with Crippen LogP contribution in [0.4, 0.5) is 5.82 Å². The molecule has 3 nitrogen and oxygen atoms in total. The highest BCUT2D eigenvalue weighted by Gasteiger charge is 2.19. The molecule has 0 bridgehead atoms. The highest BCUT2D eigenvalue weighted by molar-refractivity contribution is 5.68. The first-order valence-corrected chi connectivity index (χ1v) is 5.28. The van der Waals surface area contributed by atoms with Gasteiger partial charge in [-0.15, -0.1) is 0 Å². The summed E-state index contributed by atoms with van der Waals surface area (Å²) in [6.45, 7) is 5.50. The third-order valence-electron chi connectivity index (χ3n) is 2.78. The molecule has 1 aliphatic rings. The Kier molecular flexibility index (Phi) is 2.62. The molecule has 3 heteroatoms. The van der Waals surface area contributed by atoms with Crippen LogP contribution >= 0.6 is 0 Å². The van der Waals surface area contributed by atoms with Gasteiger partial charge in [-0.3, -0.25) is 0 Å². The first-order valence-electron chi connectivity index (χ1n) is 5.28. The van der Waals surface area contributed by atoms with Crippen LogP contribution < -0.4 is 5.32 Å². The quantitative estimate of drug-likeness (QED) is 0.744. The first kappa shape index (κ1) is 10.0. The fourth-order valence-electron chi connectivity index (χ4n) is 1.65. The van der Waals surface area contributed by atoms with E-state index < -0.39 is 0 Å². The van der Waals surface area contributed by atoms with E-state index in [4.69, 9.17) is 0 Å². The third kappa shape index (κ3) is 2.12. The Morgan fingerprint density at radius 2 is 2.33 bits per heavy atom. The maximum absolute atomic E-state index is 9.46. The highest BCUT2D eigenvalue weighted by Crippen LogP contribution is 2.26. The van der Waals surface area contributed by atoms with Crippen molar-refractivity contribution < 1.29 is 5.11 Å². The van der Waals surface area contributed by atoms with Crippen LogP contribution in [0.1, 0.15) is 30.4 Å². The molecule has 2 N–H and O–H groups in total. The third-order valence-corrected chi connectivity index (χ3v) is 2.78. The molecule has 0 atom stereocenters. The molecule has 0 amide bonds. The molecule has 80 valence electrons. The summed E-state index contributed by atoms with van der Waals surface area (Å²) in [6, 6.07) is 2.41. The zero-order valence-electron chi connectivity index (χ0n) is 8.95. The summed E-state index contributed by atoms with van der Waals surface area (Å²) in [5.41, 5.74) is 1.74. The number of aryl methyl sites for hydroxylation is 1. The molecule has 15 heavy (non-hydrogen) atoms. The van der Waals surface area contributed by atoms with Gasteiger partial charge < -0.3 is 10.4 Å². The second kappa shape index (κ2) is 3.93. The lowest BCUT2D eigenvalue weighted by molar-refractivity contribution is 0.444. The summed E-state index contributed by atoms with van der Waals surface area (Å²) in [6.07, 6.45) is 5.45. The Hall–Kier alpha value is -1.51. The van der Waals surface area contributed by atoms with Crippen molar-refractivity contribution in [3.63, 3.8) is 0 Å². The predicted molar refractivity (Wildman–Crippen MR) is 61.9 cm³/mol. The van der Waals surface area contributed by atoms with Gasteiger partial charge in [-0.25, -0.2) is 4.98 Å². The second-order valence-electron chi connectivity index (χ2n) is 4.13. The normalized spacial score (nSPS) is 15.8. The van der Waals surface area contributed by atoms with Gasteiger partial charge >= 0.3 is 0 Å². The van der Waals surface area contributed by atoms with Crippen LogP contribution in [0.25, 0.3) is 5.76 Å². The van der Waals surface area contributed by atoms with E-state index in [0.29, 0.717) is 11.6 Å². The lowest BCUT2D eigenvalue weighted by Gasteiger charge is -2.27. The first-order chi connectivity index (χ1) is 7.16. The number of aliphatic hydroxyl groups is 1. The minimum absolute atomic E-state index is 0.0769. The van der Waals surface area contributed by atoms with Gasteiger partial charge in [0.15, 0.2) is 0 Å². The van der Waals surface area contributed by atoms with E-state index in [1.54, 1.807) is 6.20 Å². The molecule has 0 unspecified atom stereocenters. The Bertz CT molecular complexity index is 383. The average molecular weight is 204 g/mol. The Morgan fingerprint density at radius 3 is 2.87 bits per heavy atom. The predicted octanol–water partition coefficient (Wildman–Crippen LogP) is 2.88. The van der Waals surface area contributed by atoms with Crippen molar-refractivity contribution in [1.82, 2.24) is 4.98 Å². The number of anilines is 1. The van der Waals surface area contributed by atoms with Gasteiger partial charge in [0, 0.05) is 12.2 Å². The molecular weight excluding hydrogens is 188 g/mol. The van der Waals surface area contributed by atoms with Crippen LogP contribution in [0.3, 0.4) is 0 Å². The SMILES string of the molecule is C=C(O)c1cc(C)cnc1NC1CCC1. The van der Waals surface area contributed by atoms with Crippen molar-refractivity contribution >= 4 is 11.6 Å². The molecular formula is C12H16N2O. The molecule has 1 saturated carbocycles. The Labute approximate surface area is 89.9 Å². The summed E-state index contributed by atoms with van der Waals surface area (Å²) >= 11 is 0. The van der Waals surface area contributed by atoms with Crippen molar-refractivity contribution in [2.24, 2.45) is 0 Å². The number of hydrogen-bond acceptors (Lipinski definition) is 3. The molecule has 0 aromatic carbocycles. The smallest absolute Gasteiger partial charge is 0.137 e.